The van der Waals surface area contributed by atoms with Gasteiger partial charge in [-0.3, -0.25) is 9.67 Å². The minimum atomic E-state index is 0.545. The van der Waals surface area contributed by atoms with Gasteiger partial charge in [-0.2, -0.15) is 5.10 Å². The smallest absolute Gasteiger partial charge is 0.193 e. The fourth-order valence-electron chi connectivity index (χ4n) is 3.37. The van der Waals surface area contributed by atoms with Crippen LogP contribution in [0.4, 0.5) is 0 Å². The predicted octanol–water partition coefficient (Wildman–Crippen LogP) is 2.49. The van der Waals surface area contributed by atoms with Crippen LogP contribution in [-0.4, -0.2) is 51.8 Å². The molecule has 0 radical (unpaired) electrons. The lowest BCUT2D eigenvalue weighted by molar-refractivity contribution is 0.486. The number of hydrogen-bond donors (Lipinski definition) is 1. The standard InChI is InChI=1S/C18H28N6S/c1-5-19-18(20-8-6-17-13(2)22-14(3)25-17)24-9-7-15(12-24)16-10-21-23(4)11-16/h10-11,15H,5-9,12H2,1-4H3,(H,19,20). The van der Waals surface area contributed by atoms with E-state index in [2.05, 4.69) is 47.3 Å². The second-order valence-electron chi connectivity index (χ2n) is 6.61. The van der Waals surface area contributed by atoms with Gasteiger partial charge in [0, 0.05) is 56.6 Å². The molecule has 1 saturated heterocycles. The van der Waals surface area contributed by atoms with Crippen molar-refractivity contribution in [2.24, 2.45) is 12.0 Å². The molecule has 0 saturated carbocycles. The Balaban J connectivity index is 1.61. The van der Waals surface area contributed by atoms with Crippen LogP contribution < -0.4 is 5.32 Å². The predicted molar refractivity (Wildman–Crippen MR) is 103 cm³/mol. The van der Waals surface area contributed by atoms with Gasteiger partial charge in [0.15, 0.2) is 5.96 Å². The summed E-state index contributed by atoms with van der Waals surface area (Å²) in [5.74, 6) is 1.58. The maximum atomic E-state index is 4.86. The Bertz CT molecular complexity index is 732. The Morgan fingerprint density at radius 1 is 1.44 bits per heavy atom. The normalized spacial score (nSPS) is 18.2. The summed E-state index contributed by atoms with van der Waals surface area (Å²) in [5, 5.41) is 8.90. The highest BCUT2D eigenvalue weighted by Crippen LogP contribution is 2.26. The molecule has 3 rings (SSSR count). The molecule has 0 amide bonds. The second kappa shape index (κ2) is 7.99. The molecule has 0 bridgehead atoms. The first-order valence-corrected chi connectivity index (χ1v) is 9.83. The Kier molecular flexibility index (Phi) is 5.73. The molecule has 1 aliphatic heterocycles. The number of nitrogens with one attached hydrogen (secondary N) is 1. The van der Waals surface area contributed by atoms with E-state index in [0.29, 0.717) is 5.92 Å². The van der Waals surface area contributed by atoms with Crippen LogP contribution in [-0.2, 0) is 13.5 Å². The van der Waals surface area contributed by atoms with Crippen LogP contribution in [0.15, 0.2) is 17.4 Å². The van der Waals surface area contributed by atoms with Crippen LogP contribution in [0.5, 0.6) is 0 Å². The minimum absolute atomic E-state index is 0.545. The molecule has 6 nitrogen and oxygen atoms in total. The number of thiazole rings is 1. The number of guanidine groups is 1. The fraction of sp³-hybridized carbons (Fsp3) is 0.611. The zero-order valence-electron chi connectivity index (χ0n) is 15.6. The third-order valence-electron chi connectivity index (χ3n) is 4.62. The van der Waals surface area contributed by atoms with Crippen molar-refractivity contribution in [2.45, 2.75) is 39.5 Å². The van der Waals surface area contributed by atoms with Crippen LogP contribution >= 0.6 is 11.3 Å². The summed E-state index contributed by atoms with van der Waals surface area (Å²) in [5.41, 5.74) is 2.48. The van der Waals surface area contributed by atoms with Gasteiger partial charge >= 0.3 is 0 Å². The Morgan fingerprint density at radius 3 is 2.92 bits per heavy atom. The van der Waals surface area contributed by atoms with Crippen LogP contribution in [0.2, 0.25) is 0 Å². The average molecular weight is 361 g/mol. The van der Waals surface area contributed by atoms with Gasteiger partial charge < -0.3 is 10.2 Å². The molecular weight excluding hydrogens is 332 g/mol. The molecule has 2 aromatic rings. The van der Waals surface area contributed by atoms with Gasteiger partial charge in [0.25, 0.3) is 0 Å². The minimum Gasteiger partial charge on any atom is -0.357 e. The number of aromatic nitrogens is 3. The van der Waals surface area contributed by atoms with Crippen LogP contribution in [0.1, 0.15) is 40.4 Å². The molecule has 1 atom stereocenters. The summed E-state index contributed by atoms with van der Waals surface area (Å²) < 4.78 is 1.89. The highest BCUT2D eigenvalue weighted by molar-refractivity contribution is 7.11. The highest BCUT2D eigenvalue weighted by Gasteiger charge is 2.26. The maximum Gasteiger partial charge on any atom is 0.193 e. The largest absolute Gasteiger partial charge is 0.357 e. The molecule has 0 aliphatic carbocycles. The summed E-state index contributed by atoms with van der Waals surface area (Å²) in [7, 11) is 1.98. The molecule has 0 spiro atoms. The fourth-order valence-corrected chi connectivity index (χ4v) is 4.30. The SMILES string of the molecule is CCNC(=NCCc1sc(C)nc1C)N1CCC(c2cnn(C)c2)C1. The highest BCUT2D eigenvalue weighted by atomic mass is 32.1. The summed E-state index contributed by atoms with van der Waals surface area (Å²) in [4.78, 5) is 13.1. The number of rotatable bonds is 5. The average Bonchev–Trinajstić information content (AvgIpc) is 3.27. The molecule has 7 heteroatoms. The van der Waals surface area contributed by atoms with Crippen LogP contribution in [0, 0.1) is 13.8 Å². The van der Waals surface area contributed by atoms with Gasteiger partial charge in [0.2, 0.25) is 0 Å². The molecule has 3 heterocycles. The number of likely N-dealkylation sites (tertiary alicyclic amines) is 1. The Hall–Kier alpha value is -1.89. The van der Waals surface area contributed by atoms with Gasteiger partial charge in [0.05, 0.1) is 16.9 Å². The summed E-state index contributed by atoms with van der Waals surface area (Å²) >= 11 is 1.79. The second-order valence-corrected chi connectivity index (χ2v) is 7.89. The summed E-state index contributed by atoms with van der Waals surface area (Å²) in [6.45, 7) is 10.0. The van der Waals surface area contributed by atoms with E-state index in [9.17, 15) is 0 Å². The van der Waals surface area contributed by atoms with Crippen molar-refractivity contribution in [1.29, 1.82) is 0 Å². The summed E-state index contributed by atoms with van der Waals surface area (Å²) in [6, 6.07) is 0. The number of hydrogen-bond acceptors (Lipinski definition) is 4. The lowest BCUT2D eigenvalue weighted by Gasteiger charge is -2.21. The number of aliphatic imine (C=N–C) groups is 1. The number of nitrogens with zero attached hydrogens (tertiary/aromatic N) is 5. The van der Waals surface area contributed by atoms with Crippen molar-refractivity contribution in [3.05, 3.63) is 33.5 Å². The Morgan fingerprint density at radius 2 is 2.28 bits per heavy atom. The third-order valence-corrected chi connectivity index (χ3v) is 5.75. The molecule has 25 heavy (non-hydrogen) atoms. The monoisotopic (exact) mass is 360 g/mol. The van der Waals surface area contributed by atoms with Gasteiger partial charge in [-0.05, 0) is 32.8 Å². The first kappa shape index (κ1) is 17.9. The van der Waals surface area contributed by atoms with Crippen molar-refractivity contribution in [3.63, 3.8) is 0 Å². The van der Waals surface area contributed by atoms with Crippen molar-refractivity contribution < 1.29 is 0 Å². The quantitative estimate of drug-likeness (QED) is 0.657. The molecule has 0 aromatic carbocycles. The Labute approximate surface area is 154 Å². The van der Waals surface area contributed by atoms with E-state index >= 15 is 0 Å². The van der Waals surface area contributed by atoms with Crippen LogP contribution in [0.25, 0.3) is 0 Å². The van der Waals surface area contributed by atoms with Gasteiger partial charge in [-0.15, -0.1) is 11.3 Å². The van der Waals surface area contributed by atoms with E-state index < -0.39 is 0 Å². The third kappa shape index (κ3) is 4.39. The van der Waals surface area contributed by atoms with Crippen molar-refractivity contribution in [1.82, 2.24) is 25.0 Å². The summed E-state index contributed by atoms with van der Waals surface area (Å²) in [6.07, 6.45) is 6.25. The van der Waals surface area contributed by atoms with E-state index in [1.165, 1.54) is 10.4 Å². The van der Waals surface area contributed by atoms with Gasteiger partial charge in [-0.25, -0.2) is 4.98 Å². The topological polar surface area (TPSA) is 58.3 Å². The lowest BCUT2D eigenvalue weighted by atomic mass is 10.0. The van der Waals surface area contributed by atoms with Crippen molar-refractivity contribution >= 4 is 17.3 Å². The van der Waals surface area contributed by atoms with E-state index in [0.717, 1.165) is 55.7 Å². The first-order chi connectivity index (χ1) is 12.1. The molecule has 1 aliphatic rings. The lowest BCUT2D eigenvalue weighted by Crippen LogP contribution is -2.40. The van der Waals surface area contributed by atoms with Crippen molar-refractivity contribution in [2.75, 3.05) is 26.2 Å². The zero-order chi connectivity index (χ0) is 17.8. The first-order valence-electron chi connectivity index (χ1n) is 9.01. The zero-order valence-corrected chi connectivity index (χ0v) is 16.4. The van der Waals surface area contributed by atoms with Gasteiger partial charge in [0.1, 0.15) is 0 Å². The van der Waals surface area contributed by atoms with Gasteiger partial charge in [-0.1, -0.05) is 0 Å². The molecule has 136 valence electrons. The number of aryl methyl sites for hydroxylation is 3. The molecule has 1 unspecified atom stereocenters. The van der Waals surface area contributed by atoms with E-state index in [1.54, 1.807) is 11.3 Å². The van der Waals surface area contributed by atoms with Crippen molar-refractivity contribution in [3.8, 4) is 0 Å². The molecule has 1 fully saturated rings. The van der Waals surface area contributed by atoms with E-state index in [-0.39, 0.29) is 0 Å². The molecule has 2 aromatic heterocycles. The maximum absolute atomic E-state index is 4.86. The molecular formula is C18H28N6S. The van der Waals surface area contributed by atoms with E-state index in [1.807, 2.05) is 17.9 Å². The van der Waals surface area contributed by atoms with Crippen LogP contribution in [0.3, 0.4) is 0 Å². The van der Waals surface area contributed by atoms with E-state index in [4.69, 9.17) is 4.99 Å². The molecule has 1 N–H and O–H groups in total.